The van der Waals surface area contributed by atoms with Gasteiger partial charge in [-0.3, -0.25) is 0 Å². The molecule has 0 saturated heterocycles. The van der Waals surface area contributed by atoms with Crippen molar-refractivity contribution in [2.45, 2.75) is 6.92 Å². The van der Waals surface area contributed by atoms with Crippen molar-refractivity contribution in [3.63, 3.8) is 0 Å². The molecule has 0 aliphatic heterocycles. The second-order valence-corrected chi connectivity index (χ2v) is 5.19. The number of fused-ring (bicyclic) bond motifs is 6. The number of allylic oxidation sites excluding steroid dienone is 3. The van der Waals surface area contributed by atoms with Gasteiger partial charge in [-0.15, -0.1) is 5.73 Å². The third-order valence-electron chi connectivity index (χ3n) is 4.00. The summed E-state index contributed by atoms with van der Waals surface area (Å²) in [6, 6.07) is 15.2. The van der Waals surface area contributed by atoms with Crippen molar-refractivity contribution in [1.29, 1.82) is 0 Å². The van der Waals surface area contributed by atoms with Crippen LogP contribution < -0.4 is 10.4 Å². The lowest BCUT2D eigenvalue weighted by Gasteiger charge is -2.08. The van der Waals surface area contributed by atoms with E-state index >= 15 is 0 Å². The average molecular weight is 254 g/mol. The van der Waals surface area contributed by atoms with Crippen molar-refractivity contribution in [3.8, 4) is 0 Å². The Labute approximate surface area is 117 Å². The van der Waals surface area contributed by atoms with Crippen LogP contribution in [0, 0.1) is 6.92 Å². The molecule has 0 unspecified atom stereocenters. The van der Waals surface area contributed by atoms with Crippen molar-refractivity contribution in [3.05, 3.63) is 76.7 Å². The fraction of sp³-hybridized carbons (Fsp3) is 0.0500. The molecule has 0 aromatic heterocycles. The number of hydrogen-bond donors (Lipinski definition) is 0. The highest BCUT2D eigenvalue weighted by Crippen LogP contribution is 2.22. The minimum Gasteiger partial charge on any atom is -0.112 e. The second kappa shape index (κ2) is 4.23. The van der Waals surface area contributed by atoms with Crippen LogP contribution in [0.15, 0.2) is 60.7 Å². The summed E-state index contributed by atoms with van der Waals surface area (Å²) in [7, 11) is 0. The van der Waals surface area contributed by atoms with E-state index in [0.717, 1.165) is 0 Å². The Balaban J connectivity index is 2.52. The maximum Gasteiger partial charge on any atom is 0.0324 e. The predicted molar refractivity (Wildman–Crippen MR) is 87.0 cm³/mol. The van der Waals surface area contributed by atoms with E-state index in [0.29, 0.717) is 0 Å². The maximum absolute atomic E-state index is 3.46. The first-order valence-corrected chi connectivity index (χ1v) is 6.90. The van der Waals surface area contributed by atoms with Crippen molar-refractivity contribution in [2.24, 2.45) is 0 Å². The molecular weight excluding hydrogens is 240 g/mol. The zero-order valence-corrected chi connectivity index (χ0v) is 11.4. The summed E-state index contributed by atoms with van der Waals surface area (Å²) in [5.41, 5.74) is 4.76. The largest absolute Gasteiger partial charge is 0.112 e. The van der Waals surface area contributed by atoms with Crippen LogP contribution in [-0.4, -0.2) is 0 Å². The summed E-state index contributed by atoms with van der Waals surface area (Å²) in [4.78, 5) is 0. The molecular formula is C20H14. The summed E-state index contributed by atoms with van der Waals surface area (Å²) in [5.74, 6) is 0. The normalized spacial score (nSPS) is 12.8. The lowest BCUT2D eigenvalue weighted by molar-refractivity contribution is 1.51. The molecule has 3 aromatic rings. The topological polar surface area (TPSA) is 0 Å². The molecule has 0 amide bonds. The fourth-order valence-corrected chi connectivity index (χ4v) is 3.11. The van der Waals surface area contributed by atoms with Crippen LogP contribution in [0.4, 0.5) is 0 Å². The molecule has 0 heterocycles. The number of hydrogen-bond acceptors (Lipinski definition) is 0. The smallest absolute Gasteiger partial charge is 0.0324 e. The second-order valence-electron chi connectivity index (χ2n) is 5.19. The molecule has 0 spiro atoms. The van der Waals surface area contributed by atoms with Crippen molar-refractivity contribution in [2.75, 3.05) is 0 Å². The zero-order valence-electron chi connectivity index (χ0n) is 11.4. The van der Waals surface area contributed by atoms with Gasteiger partial charge < -0.3 is 0 Å². The minimum absolute atomic E-state index is 1.21. The molecule has 4 rings (SSSR count). The summed E-state index contributed by atoms with van der Waals surface area (Å²) in [5, 5.41) is 7.73. The Morgan fingerprint density at radius 1 is 0.800 bits per heavy atom. The first-order valence-electron chi connectivity index (χ1n) is 6.90. The molecule has 0 saturated carbocycles. The highest BCUT2D eigenvalue weighted by atomic mass is 14.1. The number of aryl methyl sites for hydroxylation is 1. The predicted octanol–water partition coefficient (Wildman–Crippen LogP) is 3.59. The van der Waals surface area contributed by atoms with Gasteiger partial charge in [-0.05, 0) is 39.9 Å². The van der Waals surface area contributed by atoms with Crippen LogP contribution in [0.25, 0.3) is 33.4 Å². The van der Waals surface area contributed by atoms with Gasteiger partial charge >= 0.3 is 0 Å². The van der Waals surface area contributed by atoms with E-state index < -0.39 is 0 Å². The zero-order chi connectivity index (χ0) is 13.5. The van der Waals surface area contributed by atoms with Crippen LogP contribution >= 0.6 is 0 Å². The van der Waals surface area contributed by atoms with E-state index in [2.05, 4.69) is 67.3 Å². The van der Waals surface area contributed by atoms with E-state index in [4.69, 9.17) is 0 Å². The molecule has 20 heavy (non-hydrogen) atoms. The molecule has 0 N–H and O–H groups in total. The van der Waals surface area contributed by atoms with Crippen LogP contribution in [-0.2, 0) is 0 Å². The molecule has 1 aliphatic carbocycles. The van der Waals surface area contributed by atoms with Gasteiger partial charge in [0, 0.05) is 10.6 Å². The van der Waals surface area contributed by atoms with E-state index in [9.17, 15) is 0 Å². The van der Waals surface area contributed by atoms with Gasteiger partial charge in [-0.1, -0.05) is 60.7 Å². The summed E-state index contributed by atoms with van der Waals surface area (Å²) in [6.45, 7) is 2.18. The van der Waals surface area contributed by atoms with Crippen LogP contribution in [0.2, 0.25) is 0 Å². The molecule has 0 nitrogen and oxygen atoms in total. The maximum atomic E-state index is 3.46. The summed E-state index contributed by atoms with van der Waals surface area (Å²) in [6.07, 6.45) is 8.33. The molecule has 0 atom stereocenters. The van der Waals surface area contributed by atoms with Gasteiger partial charge in [0.05, 0.1) is 0 Å². The summed E-state index contributed by atoms with van der Waals surface area (Å²) < 4.78 is 0. The fourth-order valence-electron chi connectivity index (χ4n) is 3.11. The Morgan fingerprint density at radius 3 is 2.50 bits per heavy atom. The summed E-state index contributed by atoms with van der Waals surface area (Å²) >= 11 is 0. The van der Waals surface area contributed by atoms with Gasteiger partial charge in [-0.25, -0.2) is 0 Å². The van der Waals surface area contributed by atoms with E-state index in [1.165, 1.54) is 37.5 Å². The first kappa shape index (κ1) is 11.3. The van der Waals surface area contributed by atoms with Gasteiger partial charge in [-0.2, -0.15) is 0 Å². The van der Waals surface area contributed by atoms with E-state index in [1.54, 1.807) is 0 Å². The molecule has 1 aliphatic rings. The van der Waals surface area contributed by atoms with Gasteiger partial charge in [0.25, 0.3) is 0 Å². The molecule has 0 fully saturated rings. The Kier molecular flexibility index (Phi) is 2.39. The highest BCUT2D eigenvalue weighted by Gasteiger charge is 2.06. The minimum atomic E-state index is 1.21. The van der Waals surface area contributed by atoms with Crippen LogP contribution in [0.5, 0.6) is 0 Å². The average Bonchev–Trinajstić information content (AvgIpc) is 2.73. The number of benzene rings is 3. The van der Waals surface area contributed by atoms with Gasteiger partial charge in [0.1, 0.15) is 0 Å². The number of rotatable bonds is 0. The lowest BCUT2D eigenvalue weighted by atomic mass is 9.95. The van der Waals surface area contributed by atoms with Gasteiger partial charge in [0.15, 0.2) is 0 Å². The third kappa shape index (κ3) is 1.49. The van der Waals surface area contributed by atoms with E-state index in [-0.39, 0.29) is 0 Å². The first-order chi connectivity index (χ1) is 9.86. The van der Waals surface area contributed by atoms with Crippen molar-refractivity contribution in [1.82, 2.24) is 0 Å². The van der Waals surface area contributed by atoms with Crippen LogP contribution in [0.3, 0.4) is 0 Å². The lowest BCUT2D eigenvalue weighted by Crippen LogP contribution is -2.25. The van der Waals surface area contributed by atoms with Crippen molar-refractivity contribution < 1.29 is 0 Å². The Morgan fingerprint density at radius 2 is 1.60 bits per heavy atom. The Hall–Kier alpha value is -2.56. The molecule has 0 heteroatoms. The molecule has 0 bridgehead atoms. The van der Waals surface area contributed by atoms with Gasteiger partial charge in [0.2, 0.25) is 0 Å². The van der Waals surface area contributed by atoms with Crippen molar-refractivity contribution >= 4 is 33.4 Å². The van der Waals surface area contributed by atoms with Crippen LogP contribution in [0.1, 0.15) is 5.56 Å². The highest BCUT2D eigenvalue weighted by molar-refractivity contribution is 6.09. The molecule has 0 radical (unpaired) electrons. The SMILES string of the molecule is Cc1cccc2c1c1c(c3ccccc32)=CC=CC=C=1. The van der Waals surface area contributed by atoms with E-state index in [1.807, 2.05) is 12.2 Å². The molecule has 94 valence electrons. The Bertz CT molecular complexity index is 1030. The third-order valence-corrected chi connectivity index (χ3v) is 4.00. The monoisotopic (exact) mass is 254 g/mol. The standard InChI is InChI=1S/C20H14/c1-14-8-7-13-19-17-11-6-5-10-15(17)16-9-3-2-4-12-18(16)20(14)19/h2-11,13H,1H3. The quantitative estimate of drug-likeness (QED) is 0.538. The molecule has 3 aromatic carbocycles.